The van der Waals surface area contributed by atoms with E-state index in [1.54, 1.807) is 38.1 Å². The molecule has 0 heterocycles. The summed E-state index contributed by atoms with van der Waals surface area (Å²) in [5.41, 5.74) is 0.459. The highest BCUT2D eigenvalue weighted by atomic mass is 32.2. The predicted molar refractivity (Wildman–Crippen MR) is 146 cm³/mol. The van der Waals surface area contributed by atoms with E-state index in [0.29, 0.717) is 24.5 Å². The van der Waals surface area contributed by atoms with Crippen LogP contribution in [0.3, 0.4) is 0 Å². The number of amides is 1. The van der Waals surface area contributed by atoms with Crippen LogP contribution in [0.25, 0.3) is 0 Å². The van der Waals surface area contributed by atoms with Crippen LogP contribution in [0.15, 0.2) is 82.6 Å². The van der Waals surface area contributed by atoms with Gasteiger partial charge in [0.15, 0.2) is 0 Å². The minimum atomic E-state index is -4.17. The van der Waals surface area contributed by atoms with Gasteiger partial charge in [0.1, 0.15) is 18.0 Å². The standard InChI is InChI=1S/C26H31N3O7S2/c1-5-28(6-2)37(31,32)23-15-12-20(13-16-23)27-26(30)19-29(38(33,34)22-10-8-7-9-11-22)24-17-14-21(35-3)18-25(24)36-4/h7-18H,5-6,19H2,1-4H3,(H,27,30). The van der Waals surface area contributed by atoms with Gasteiger partial charge in [-0.25, -0.2) is 16.8 Å². The molecule has 0 aliphatic carbocycles. The second kappa shape index (κ2) is 12.3. The molecule has 0 spiro atoms. The number of benzene rings is 3. The van der Waals surface area contributed by atoms with Crippen LogP contribution in [0.4, 0.5) is 11.4 Å². The Balaban J connectivity index is 1.92. The molecule has 0 unspecified atom stereocenters. The van der Waals surface area contributed by atoms with Gasteiger partial charge < -0.3 is 14.8 Å². The topological polar surface area (TPSA) is 122 Å². The lowest BCUT2D eigenvalue weighted by Crippen LogP contribution is -2.38. The van der Waals surface area contributed by atoms with Crippen LogP contribution in [0.5, 0.6) is 11.5 Å². The molecule has 0 aromatic heterocycles. The maximum Gasteiger partial charge on any atom is 0.264 e. The zero-order valence-corrected chi connectivity index (χ0v) is 23.3. The molecule has 1 N–H and O–H groups in total. The average Bonchev–Trinajstić information content (AvgIpc) is 2.92. The molecule has 3 rings (SSSR count). The summed E-state index contributed by atoms with van der Waals surface area (Å²) in [5, 5.41) is 2.64. The molecule has 10 nitrogen and oxygen atoms in total. The first-order valence-electron chi connectivity index (χ1n) is 11.8. The van der Waals surface area contributed by atoms with Crippen molar-refractivity contribution in [2.75, 3.05) is 43.5 Å². The monoisotopic (exact) mass is 561 g/mol. The number of carbonyl (C=O) groups excluding carboxylic acids is 1. The third-order valence-corrected chi connectivity index (χ3v) is 9.59. The smallest absolute Gasteiger partial charge is 0.264 e. The molecule has 38 heavy (non-hydrogen) atoms. The molecule has 0 aliphatic rings. The van der Waals surface area contributed by atoms with Crippen molar-refractivity contribution < 1.29 is 31.1 Å². The fraction of sp³-hybridized carbons (Fsp3) is 0.269. The molecule has 0 saturated heterocycles. The van der Waals surface area contributed by atoms with E-state index in [1.165, 1.54) is 67.1 Å². The lowest BCUT2D eigenvalue weighted by Gasteiger charge is -2.26. The van der Waals surface area contributed by atoms with Gasteiger partial charge in [-0.15, -0.1) is 0 Å². The van der Waals surface area contributed by atoms with Crippen molar-refractivity contribution in [2.24, 2.45) is 0 Å². The first-order chi connectivity index (χ1) is 18.1. The molecule has 0 aliphatic heterocycles. The van der Waals surface area contributed by atoms with Crippen LogP contribution in [0, 0.1) is 0 Å². The normalized spacial score (nSPS) is 11.7. The molecule has 3 aromatic carbocycles. The first-order valence-corrected chi connectivity index (χ1v) is 14.7. The Morgan fingerprint density at radius 3 is 1.95 bits per heavy atom. The number of hydrogen-bond acceptors (Lipinski definition) is 7. The fourth-order valence-corrected chi connectivity index (χ4v) is 6.67. The third-order valence-electron chi connectivity index (χ3n) is 5.76. The van der Waals surface area contributed by atoms with E-state index in [4.69, 9.17) is 9.47 Å². The van der Waals surface area contributed by atoms with Crippen LogP contribution < -0.4 is 19.1 Å². The molecule has 1 amide bonds. The van der Waals surface area contributed by atoms with Crippen LogP contribution in [-0.4, -0.2) is 60.9 Å². The molecular weight excluding hydrogens is 530 g/mol. The number of rotatable bonds is 12. The zero-order chi connectivity index (χ0) is 27.9. The zero-order valence-electron chi connectivity index (χ0n) is 21.6. The second-order valence-corrected chi connectivity index (χ2v) is 11.8. The van der Waals surface area contributed by atoms with E-state index in [0.717, 1.165) is 4.31 Å². The number of ether oxygens (including phenoxy) is 2. The van der Waals surface area contributed by atoms with E-state index in [9.17, 15) is 21.6 Å². The van der Waals surface area contributed by atoms with Gasteiger partial charge in [-0.05, 0) is 48.5 Å². The second-order valence-electron chi connectivity index (χ2n) is 8.02. The number of methoxy groups -OCH3 is 2. The van der Waals surface area contributed by atoms with E-state index in [1.807, 2.05) is 0 Å². The molecular formula is C26H31N3O7S2. The number of nitrogens with one attached hydrogen (secondary N) is 1. The van der Waals surface area contributed by atoms with Crippen LogP contribution in [0.1, 0.15) is 13.8 Å². The Kier molecular flexibility index (Phi) is 9.36. The average molecular weight is 562 g/mol. The number of carbonyl (C=O) groups is 1. The van der Waals surface area contributed by atoms with Gasteiger partial charge in [-0.2, -0.15) is 4.31 Å². The van der Waals surface area contributed by atoms with E-state index >= 15 is 0 Å². The van der Waals surface area contributed by atoms with Crippen molar-refractivity contribution in [1.82, 2.24) is 4.31 Å². The molecule has 0 bridgehead atoms. The van der Waals surface area contributed by atoms with Gasteiger partial charge in [0, 0.05) is 24.8 Å². The summed E-state index contributed by atoms with van der Waals surface area (Å²) in [5.74, 6) is 0.0104. The molecule has 0 radical (unpaired) electrons. The summed E-state index contributed by atoms with van der Waals surface area (Å²) in [6.45, 7) is 3.60. The van der Waals surface area contributed by atoms with Gasteiger partial charge in [0.2, 0.25) is 15.9 Å². The summed E-state index contributed by atoms with van der Waals surface area (Å²) in [6, 6.07) is 18.0. The van der Waals surface area contributed by atoms with Gasteiger partial charge in [-0.1, -0.05) is 32.0 Å². The Labute approximate surface area is 223 Å². The molecule has 0 atom stereocenters. The molecule has 204 valence electrons. The SMILES string of the molecule is CCN(CC)S(=O)(=O)c1ccc(NC(=O)CN(c2ccc(OC)cc2OC)S(=O)(=O)c2ccccc2)cc1. The maximum absolute atomic E-state index is 13.6. The summed E-state index contributed by atoms with van der Waals surface area (Å²) in [7, 11) is -4.96. The van der Waals surface area contributed by atoms with Crippen molar-refractivity contribution in [2.45, 2.75) is 23.6 Å². The van der Waals surface area contributed by atoms with Crippen molar-refractivity contribution in [3.05, 3.63) is 72.8 Å². The summed E-state index contributed by atoms with van der Waals surface area (Å²) in [4.78, 5) is 13.2. The predicted octanol–water partition coefficient (Wildman–Crippen LogP) is 3.57. The molecule has 0 saturated carbocycles. The van der Waals surface area contributed by atoms with Crippen molar-refractivity contribution in [3.8, 4) is 11.5 Å². The number of nitrogens with zero attached hydrogens (tertiary/aromatic N) is 2. The Morgan fingerprint density at radius 2 is 1.39 bits per heavy atom. The van der Waals surface area contributed by atoms with Crippen LogP contribution >= 0.6 is 0 Å². The third kappa shape index (κ3) is 6.26. The van der Waals surface area contributed by atoms with Crippen molar-refractivity contribution in [3.63, 3.8) is 0 Å². The number of hydrogen-bond donors (Lipinski definition) is 1. The lowest BCUT2D eigenvalue weighted by atomic mass is 10.2. The Hall–Kier alpha value is -3.61. The molecule has 0 fully saturated rings. The van der Waals surface area contributed by atoms with Crippen molar-refractivity contribution >= 4 is 37.3 Å². The lowest BCUT2D eigenvalue weighted by molar-refractivity contribution is -0.114. The summed E-state index contributed by atoms with van der Waals surface area (Å²) >= 11 is 0. The fourth-order valence-electron chi connectivity index (χ4n) is 3.76. The quantitative estimate of drug-likeness (QED) is 0.359. The van der Waals surface area contributed by atoms with Gasteiger partial charge in [0.05, 0.1) is 29.7 Å². The van der Waals surface area contributed by atoms with Gasteiger partial charge in [0.25, 0.3) is 10.0 Å². The van der Waals surface area contributed by atoms with Gasteiger partial charge >= 0.3 is 0 Å². The van der Waals surface area contributed by atoms with E-state index in [-0.39, 0.29) is 21.2 Å². The van der Waals surface area contributed by atoms with Gasteiger partial charge in [-0.3, -0.25) is 9.10 Å². The number of sulfonamides is 2. The minimum absolute atomic E-state index is 0.00312. The highest BCUT2D eigenvalue weighted by molar-refractivity contribution is 7.93. The molecule has 3 aromatic rings. The Morgan fingerprint density at radius 1 is 0.789 bits per heavy atom. The minimum Gasteiger partial charge on any atom is -0.497 e. The summed E-state index contributed by atoms with van der Waals surface area (Å²) < 4.78 is 65.6. The Bertz CT molecular complexity index is 1460. The maximum atomic E-state index is 13.6. The highest BCUT2D eigenvalue weighted by Gasteiger charge is 2.30. The summed E-state index contributed by atoms with van der Waals surface area (Å²) in [6.07, 6.45) is 0. The first kappa shape index (κ1) is 29.0. The van der Waals surface area contributed by atoms with Crippen molar-refractivity contribution in [1.29, 1.82) is 0 Å². The van der Waals surface area contributed by atoms with E-state index in [2.05, 4.69) is 5.32 Å². The number of anilines is 2. The highest BCUT2D eigenvalue weighted by Crippen LogP contribution is 2.35. The van der Waals surface area contributed by atoms with Crippen LogP contribution in [0.2, 0.25) is 0 Å². The molecule has 12 heteroatoms. The largest absolute Gasteiger partial charge is 0.497 e. The van der Waals surface area contributed by atoms with E-state index < -0.39 is 32.5 Å². The van der Waals surface area contributed by atoms with Crippen LogP contribution in [-0.2, 0) is 24.8 Å².